The molecule has 0 spiro atoms. The molecule has 2 aromatic heterocycles. The van der Waals surface area contributed by atoms with E-state index in [1.807, 2.05) is 19.9 Å². The minimum Gasteiger partial charge on any atom is -0.378 e. The van der Waals surface area contributed by atoms with Crippen molar-refractivity contribution in [3.63, 3.8) is 0 Å². The van der Waals surface area contributed by atoms with Gasteiger partial charge in [-0.15, -0.1) is 0 Å². The van der Waals surface area contributed by atoms with Gasteiger partial charge in [-0.25, -0.2) is 17.9 Å². The minimum absolute atomic E-state index is 0.147. The van der Waals surface area contributed by atoms with Crippen LogP contribution in [0.25, 0.3) is 5.65 Å². The van der Waals surface area contributed by atoms with Gasteiger partial charge in [-0.3, -0.25) is 0 Å². The predicted molar refractivity (Wildman–Crippen MR) is 119 cm³/mol. The second kappa shape index (κ2) is 8.00. The average molecular weight is 459 g/mol. The van der Waals surface area contributed by atoms with Crippen LogP contribution in [0.1, 0.15) is 31.2 Å². The number of benzene rings is 1. The van der Waals surface area contributed by atoms with Gasteiger partial charge < -0.3 is 20.1 Å². The van der Waals surface area contributed by atoms with E-state index in [0.29, 0.717) is 60.2 Å². The van der Waals surface area contributed by atoms with E-state index < -0.39 is 16.3 Å². The molecule has 5 rings (SSSR count). The fourth-order valence-corrected chi connectivity index (χ4v) is 6.09. The number of hydrogen-bond donors (Lipinski definition) is 2. The molecule has 2 aliphatic rings. The van der Waals surface area contributed by atoms with Crippen molar-refractivity contribution in [2.75, 3.05) is 36.5 Å². The SMILES string of the molecule is CC(C)N1Cc2cc(NC(O)c3cnn4cccnc34)c(N3CCOCC3)cc2S1(=O)=O. The quantitative estimate of drug-likeness (QED) is 0.555. The largest absolute Gasteiger partial charge is 0.378 e. The Balaban J connectivity index is 1.56. The smallest absolute Gasteiger partial charge is 0.244 e. The van der Waals surface area contributed by atoms with Crippen molar-refractivity contribution in [1.29, 1.82) is 0 Å². The Kier molecular flexibility index (Phi) is 5.28. The lowest BCUT2D eigenvalue weighted by molar-refractivity contribution is 0.122. The maximum atomic E-state index is 13.1. The highest BCUT2D eigenvalue weighted by Gasteiger charge is 2.38. The molecule has 10 nitrogen and oxygen atoms in total. The normalized spacial score (nSPS) is 19.4. The van der Waals surface area contributed by atoms with E-state index in [0.717, 1.165) is 5.69 Å². The number of aliphatic hydroxyl groups excluding tert-OH is 1. The monoisotopic (exact) mass is 458 g/mol. The molecule has 4 heterocycles. The fourth-order valence-electron chi connectivity index (χ4n) is 4.26. The van der Waals surface area contributed by atoms with Crippen LogP contribution in [0, 0.1) is 0 Å². The van der Waals surface area contributed by atoms with Crippen molar-refractivity contribution in [3.05, 3.63) is 47.9 Å². The zero-order valence-corrected chi connectivity index (χ0v) is 18.8. The van der Waals surface area contributed by atoms with Gasteiger partial charge in [0.2, 0.25) is 10.0 Å². The van der Waals surface area contributed by atoms with Crippen LogP contribution >= 0.6 is 0 Å². The lowest BCUT2D eigenvalue weighted by atomic mass is 10.1. The van der Waals surface area contributed by atoms with E-state index >= 15 is 0 Å². The van der Waals surface area contributed by atoms with Crippen LogP contribution < -0.4 is 10.2 Å². The summed E-state index contributed by atoms with van der Waals surface area (Å²) in [6.07, 6.45) is 3.91. The van der Waals surface area contributed by atoms with Crippen molar-refractivity contribution >= 4 is 27.0 Å². The molecule has 1 saturated heterocycles. The molecule has 0 amide bonds. The molecule has 11 heteroatoms. The Morgan fingerprint density at radius 1 is 1.22 bits per heavy atom. The van der Waals surface area contributed by atoms with Gasteiger partial charge in [0, 0.05) is 38.1 Å². The molecule has 170 valence electrons. The third kappa shape index (κ3) is 3.51. The van der Waals surface area contributed by atoms with Gasteiger partial charge in [-0.2, -0.15) is 9.40 Å². The number of fused-ring (bicyclic) bond motifs is 2. The van der Waals surface area contributed by atoms with Crippen molar-refractivity contribution in [2.24, 2.45) is 0 Å². The van der Waals surface area contributed by atoms with Crippen LogP contribution in [0.4, 0.5) is 11.4 Å². The maximum absolute atomic E-state index is 13.1. The summed E-state index contributed by atoms with van der Waals surface area (Å²) in [5.74, 6) is 0. The summed E-state index contributed by atoms with van der Waals surface area (Å²) in [6, 6.07) is 5.18. The lowest BCUT2D eigenvalue weighted by Gasteiger charge is -2.31. The van der Waals surface area contributed by atoms with E-state index in [1.165, 1.54) is 4.31 Å². The highest BCUT2D eigenvalue weighted by atomic mass is 32.2. The molecule has 1 atom stereocenters. The Bertz CT molecular complexity index is 1250. The number of aromatic nitrogens is 3. The van der Waals surface area contributed by atoms with Crippen LogP contribution in [0.5, 0.6) is 0 Å². The van der Waals surface area contributed by atoms with Gasteiger partial charge in [-0.1, -0.05) is 0 Å². The van der Waals surface area contributed by atoms with Crippen molar-refractivity contribution in [1.82, 2.24) is 18.9 Å². The molecular formula is C21H26N6O4S. The molecule has 1 unspecified atom stereocenters. The Labute approximate surface area is 186 Å². The molecule has 1 fully saturated rings. The average Bonchev–Trinajstić information content (AvgIpc) is 3.32. The van der Waals surface area contributed by atoms with Gasteiger partial charge in [-0.05, 0) is 37.6 Å². The first-order valence-electron chi connectivity index (χ1n) is 10.6. The van der Waals surface area contributed by atoms with Gasteiger partial charge >= 0.3 is 0 Å². The first-order chi connectivity index (χ1) is 15.4. The number of nitrogens with one attached hydrogen (secondary N) is 1. The number of aliphatic hydroxyl groups is 1. The Hall–Kier alpha value is -2.73. The summed E-state index contributed by atoms with van der Waals surface area (Å²) in [5.41, 5.74) is 3.19. The summed E-state index contributed by atoms with van der Waals surface area (Å²) < 4.78 is 34.8. The zero-order chi connectivity index (χ0) is 22.5. The van der Waals surface area contributed by atoms with E-state index in [2.05, 4.69) is 20.3 Å². The summed E-state index contributed by atoms with van der Waals surface area (Å²) in [6.45, 7) is 6.43. The first-order valence-corrected chi connectivity index (χ1v) is 12.0. The fraction of sp³-hybridized carbons (Fsp3) is 0.429. The first kappa shape index (κ1) is 21.1. The highest BCUT2D eigenvalue weighted by molar-refractivity contribution is 7.89. The molecule has 0 radical (unpaired) electrons. The number of hydrogen-bond acceptors (Lipinski definition) is 8. The van der Waals surface area contributed by atoms with E-state index in [9.17, 15) is 13.5 Å². The summed E-state index contributed by atoms with van der Waals surface area (Å²) in [4.78, 5) is 6.72. The van der Waals surface area contributed by atoms with E-state index in [-0.39, 0.29) is 6.04 Å². The molecule has 2 aliphatic heterocycles. The standard InChI is InChI=1S/C21H26N6O4S/c1-14(2)27-13-15-10-17(24-21(28)16-12-23-26-5-3-4-22-20(16)26)18(11-19(15)32(27,29)30)25-6-8-31-9-7-25/h3-5,10-12,14,21,24,28H,6-9,13H2,1-2H3. The van der Waals surface area contributed by atoms with Gasteiger partial charge in [0.05, 0.1) is 41.2 Å². The second-order valence-corrected chi connectivity index (χ2v) is 10.1. The number of morpholine rings is 1. The molecule has 2 N–H and O–H groups in total. The molecule has 0 aliphatic carbocycles. The Morgan fingerprint density at radius 3 is 2.75 bits per heavy atom. The predicted octanol–water partition coefficient (Wildman–Crippen LogP) is 1.58. The van der Waals surface area contributed by atoms with Crippen LogP contribution in [-0.2, 0) is 21.3 Å². The molecular weight excluding hydrogens is 432 g/mol. The molecule has 32 heavy (non-hydrogen) atoms. The number of ether oxygens (including phenoxy) is 1. The summed E-state index contributed by atoms with van der Waals surface area (Å²) >= 11 is 0. The third-order valence-corrected chi connectivity index (χ3v) is 8.02. The lowest BCUT2D eigenvalue weighted by Crippen LogP contribution is -2.37. The minimum atomic E-state index is -3.56. The number of nitrogens with zero attached hydrogens (tertiary/aromatic N) is 5. The Morgan fingerprint density at radius 2 is 2.00 bits per heavy atom. The zero-order valence-electron chi connectivity index (χ0n) is 18.0. The number of rotatable bonds is 5. The second-order valence-electron chi connectivity index (χ2n) is 8.26. The van der Waals surface area contributed by atoms with Gasteiger partial charge in [0.15, 0.2) is 11.9 Å². The van der Waals surface area contributed by atoms with E-state index in [1.54, 1.807) is 35.2 Å². The molecule has 0 bridgehead atoms. The third-order valence-electron chi connectivity index (χ3n) is 5.91. The van der Waals surface area contributed by atoms with Crippen molar-refractivity contribution in [2.45, 2.75) is 37.6 Å². The van der Waals surface area contributed by atoms with Crippen LogP contribution in [0.15, 0.2) is 41.7 Å². The highest BCUT2D eigenvalue weighted by Crippen LogP contribution is 2.40. The van der Waals surface area contributed by atoms with Gasteiger partial charge in [0.1, 0.15) is 0 Å². The van der Waals surface area contributed by atoms with Crippen LogP contribution in [0.2, 0.25) is 0 Å². The van der Waals surface area contributed by atoms with Crippen LogP contribution in [0.3, 0.4) is 0 Å². The topological polar surface area (TPSA) is 112 Å². The number of anilines is 2. The van der Waals surface area contributed by atoms with Gasteiger partial charge in [0.25, 0.3) is 0 Å². The molecule has 0 saturated carbocycles. The van der Waals surface area contributed by atoms with Crippen LogP contribution in [-0.4, -0.2) is 64.8 Å². The summed E-state index contributed by atoms with van der Waals surface area (Å²) in [7, 11) is -3.56. The number of sulfonamides is 1. The van der Waals surface area contributed by atoms with E-state index in [4.69, 9.17) is 4.74 Å². The summed E-state index contributed by atoms with van der Waals surface area (Å²) in [5, 5.41) is 18.4. The molecule has 3 aromatic rings. The van der Waals surface area contributed by atoms with Crippen molar-refractivity contribution in [3.8, 4) is 0 Å². The maximum Gasteiger partial charge on any atom is 0.244 e. The molecule has 1 aromatic carbocycles. The van der Waals surface area contributed by atoms with Crippen molar-refractivity contribution < 1.29 is 18.3 Å².